The SMILES string of the molecule is S=CC1NN=C(Cc2cccc3ccccc23)N1c1ccccc1. The molecule has 0 bridgehead atoms. The number of fused-ring (bicyclic) bond motifs is 1. The van der Waals surface area contributed by atoms with E-state index >= 15 is 0 Å². The first-order valence-electron chi connectivity index (χ1n) is 7.95. The second-order valence-corrected chi connectivity index (χ2v) is 6.03. The van der Waals surface area contributed by atoms with Crippen LogP contribution in [0.15, 0.2) is 77.9 Å². The summed E-state index contributed by atoms with van der Waals surface area (Å²) >= 11 is 5.18. The van der Waals surface area contributed by atoms with Crippen LogP contribution in [0.25, 0.3) is 10.8 Å². The lowest BCUT2D eigenvalue weighted by Gasteiger charge is -2.24. The monoisotopic (exact) mass is 331 g/mol. The number of para-hydroxylation sites is 1. The number of hydrogen-bond acceptors (Lipinski definition) is 4. The average molecular weight is 331 g/mol. The molecule has 1 aliphatic heterocycles. The highest BCUT2D eigenvalue weighted by Gasteiger charge is 2.27. The summed E-state index contributed by atoms with van der Waals surface area (Å²) in [6, 6.07) is 25.1. The Labute approximate surface area is 146 Å². The number of rotatable bonds is 4. The van der Waals surface area contributed by atoms with Gasteiger partial charge in [0.05, 0.1) is 0 Å². The zero-order valence-electron chi connectivity index (χ0n) is 13.1. The minimum atomic E-state index is -0.0904. The third kappa shape index (κ3) is 2.65. The highest BCUT2D eigenvalue weighted by Crippen LogP contribution is 2.24. The summed E-state index contributed by atoms with van der Waals surface area (Å²) in [5.74, 6) is 0.976. The number of anilines is 1. The van der Waals surface area contributed by atoms with E-state index in [2.05, 4.69) is 70.0 Å². The van der Waals surface area contributed by atoms with Crippen LogP contribution in [-0.4, -0.2) is 17.4 Å². The largest absolute Gasteiger partial charge is 0.301 e. The van der Waals surface area contributed by atoms with Gasteiger partial charge in [0.25, 0.3) is 0 Å². The van der Waals surface area contributed by atoms with Crippen LogP contribution >= 0.6 is 12.2 Å². The van der Waals surface area contributed by atoms with Gasteiger partial charge in [-0.3, -0.25) is 5.43 Å². The second-order valence-electron chi connectivity index (χ2n) is 5.76. The fraction of sp³-hybridized carbons (Fsp3) is 0.100. The Morgan fingerprint density at radius 2 is 1.71 bits per heavy atom. The van der Waals surface area contributed by atoms with E-state index in [-0.39, 0.29) is 6.17 Å². The van der Waals surface area contributed by atoms with E-state index in [4.69, 9.17) is 12.2 Å². The van der Waals surface area contributed by atoms with Gasteiger partial charge in [0.1, 0.15) is 12.0 Å². The zero-order chi connectivity index (χ0) is 16.4. The summed E-state index contributed by atoms with van der Waals surface area (Å²) in [7, 11) is 0. The van der Waals surface area contributed by atoms with Crippen LogP contribution in [0.5, 0.6) is 0 Å². The van der Waals surface area contributed by atoms with Gasteiger partial charge in [0.15, 0.2) is 0 Å². The highest BCUT2D eigenvalue weighted by molar-refractivity contribution is 7.79. The summed E-state index contributed by atoms with van der Waals surface area (Å²) in [4.78, 5) is 2.16. The van der Waals surface area contributed by atoms with Crippen LogP contribution in [0, 0.1) is 0 Å². The first-order valence-corrected chi connectivity index (χ1v) is 8.42. The quantitative estimate of drug-likeness (QED) is 0.729. The molecular weight excluding hydrogens is 314 g/mol. The zero-order valence-corrected chi connectivity index (χ0v) is 13.9. The maximum atomic E-state index is 5.18. The van der Waals surface area contributed by atoms with Gasteiger partial charge in [0.2, 0.25) is 0 Å². The van der Waals surface area contributed by atoms with Gasteiger partial charge in [-0.25, -0.2) is 0 Å². The molecule has 0 amide bonds. The molecule has 24 heavy (non-hydrogen) atoms. The standard InChI is InChI=1S/C20H17N3S/c24-14-20-22-21-19(23(20)17-10-2-1-3-11-17)13-16-9-6-8-15-7-4-5-12-18(15)16/h1-12,14,20,22H,13H2. The van der Waals surface area contributed by atoms with Crippen LogP contribution in [0.2, 0.25) is 0 Å². The Morgan fingerprint density at radius 1 is 0.958 bits per heavy atom. The van der Waals surface area contributed by atoms with E-state index in [1.807, 2.05) is 18.2 Å². The van der Waals surface area contributed by atoms with Crippen molar-refractivity contribution >= 4 is 39.9 Å². The van der Waals surface area contributed by atoms with Crippen LogP contribution in [0.3, 0.4) is 0 Å². The van der Waals surface area contributed by atoms with Crippen LogP contribution in [-0.2, 0) is 6.42 Å². The molecule has 4 rings (SSSR count). The number of thiocarbonyl (C=S) groups is 1. The molecule has 1 unspecified atom stereocenters. The van der Waals surface area contributed by atoms with E-state index in [0.717, 1.165) is 17.9 Å². The van der Waals surface area contributed by atoms with Gasteiger partial charge in [0, 0.05) is 17.5 Å². The lowest BCUT2D eigenvalue weighted by atomic mass is 10.0. The topological polar surface area (TPSA) is 27.6 Å². The fourth-order valence-electron chi connectivity index (χ4n) is 3.14. The third-order valence-electron chi connectivity index (χ3n) is 4.27. The van der Waals surface area contributed by atoms with Gasteiger partial charge >= 0.3 is 0 Å². The molecule has 4 heteroatoms. The fourth-order valence-corrected chi connectivity index (χ4v) is 3.33. The van der Waals surface area contributed by atoms with Crippen molar-refractivity contribution in [1.82, 2.24) is 5.43 Å². The third-order valence-corrected chi connectivity index (χ3v) is 4.53. The van der Waals surface area contributed by atoms with E-state index in [1.54, 1.807) is 5.37 Å². The Kier molecular flexibility index (Phi) is 3.97. The Balaban J connectivity index is 1.71. The molecule has 0 aliphatic carbocycles. The van der Waals surface area contributed by atoms with Gasteiger partial charge in [-0.2, -0.15) is 5.10 Å². The Morgan fingerprint density at radius 3 is 2.54 bits per heavy atom. The van der Waals surface area contributed by atoms with Crippen molar-refractivity contribution in [2.45, 2.75) is 12.6 Å². The highest BCUT2D eigenvalue weighted by atomic mass is 32.1. The molecule has 1 N–H and O–H groups in total. The van der Waals surface area contributed by atoms with Crippen molar-refractivity contribution < 1.29 is 0 Å². The maximum absolute atomic E-state index is 5.18. The number of hydrazone groups is 1. The lowest BCUT2D eigenvalue weighted by molar-refractivity contribution is 0.734. The predicted octanol–water partition coefficient (Wildman–Crippen LogP) is 4.13. The number of hydrogen-bond donors (Lipinski definition) is 1. The molecule has 3 nitrogen and oxygen atoms in total. The van der Waals surface area contributed by atoms with Crippen molar-refractivity contribution in [2.24, 2.45) is 5.10 Å². The molecule has 0 radical (unpaired) electrons. The molecule has 0 saturated carbocycles. The molecule has 0 spiro atoms. The van der Waals surface area contributed by atoms with Crippen molar-refractivity contribution in [3.8, 4) is 0 Å². The van der Waals surface area contributed by atoms with E-state index in [1.165, 1.54) is 16.3 Å². The minimum Gasteiger partial charge on any atom is -0.301 e. The smallest absolute Gasteiger partial charge is 0.150 e. The van der Waals surface area contributed by atoms with E-state index in [0.29, 0.717) is 0 Å². The van der Waals surface area contributed by atoms with Crippen LogP contribution < -0.4 is 10.3 Å². The van der Waals surface area contributed by atoms with E-state index < -0.39 is 0 Å². The molecule has 1 aliphatic rings. The van der Waals surface area contributed by atoms with Crippen molar-refractivity contribution in [2.75, 3.05) is 4.90 Å². The van der Waals surface area contributed by atoms with Crippen molar-refractivity contribution in [3.05, 3.63) is 78.4 Å². The van der Waals surface area contributed by atoms with Crippen molar-refractivity contribution in [3.63, 3.8) is 0 Å². The van der Waals surface area contributed by atoms with Gasteiger partial charge < -0.3 is 4.90 Å². The number of benzene rings is 3. The Bertz CT molecular complexity index is 900. The molecule has 118 valence electrons. The van der Waals surface area contributed by atoms with Crippen LogP contribution in [0.1, 0.15) is 5.56 Å². The summed E-state index contributed by atoms with van der Waals surface area (Å²) in [6.07, 6.45) is 0.663. The number of amidine groups is 1. The summed E-state index contributed by atoms with van der Waals surface area (Å²) in [5.41, 5.74) is 5.48. The minimum absolute atomic E-state index is 0.0904. The lowest BCUT2D eigenvalue weighted by Crippen LogP contribution is -2.41. The molecule has 0 saturated heterocycles. The first-order chi connectivity index (χ1) is 11.9. The molecule has 0 aromatic heterocycles. The van der Waals surface area contributed by atoms with Gasteiger partial charge in [-0.15, -0.1) is 0 Å². The first kappa shape index (κ1) is 14.8. The summed E-state index contributed by atoms with van der Waals surface area (Å²) < 4.78 is 0. The molecule has 3 aromatic carbocycles. The molecular formula is C20H17N3S. The maximum Gasteiger partial charge on any atom is 0.150 e. The molecule has 0 fully saturated rings. The Hall–Kier alpha value is -2.72. The summed E-state index contributed by atoms with van der Waals surface area (Å²) in [5, 5.41) is 8.77. The average Bonchev–Trinajstić information content (AvgIpc) is 3.05. The normalized spacial score (nSPS) is 16.8. The van der Waals surface area contributed by atoms with Gasteiger partial charge in [-0.05, 0) is 28.5 Å². The number of nitrogens with one attached hydrogen (secondary N) is 1. The molecule has 1 atom stereocenters. The summed E-state index contributed by atoms with van der Waals surface area (Å²) in [6.45, 7) is 0. The van der Waals surface area contributed by atoms with Crippen LogP contribution in [0.4, 0.5) is 5.69 Å². The van der Waals surface area contributed by atoms with E-state index in [9.17, 15) is 0 Å². The second kappa shape index (κ2) is 6.42. The predicted molar refractivity (Wildman–Crippen MR) is 105 cm³/mol. The number of nitrogens with zero attached hydrogens (tertiary/aromatic N) is 2. The van der Waals surface area contributed by atoms with Gasteiger partial charge in [-0.1, -0.05) is 72.9 Å². The molecule has 3 aromatic rings. The molecule has 1 heterocycles. The van der Waals surface area contributed by atoms with Crippen molar-refractivity contribution in [1.29, 1.82) is 0 Å².